The highest BCUT2D eigenvalue weighted by atomic mass is 19.1. The summed E-state index contributed by atoms with van der Waals surface area (Å²) in [4.78, 5) is 13.9. The third-order valence-corrected chi connectivity index (χ3v) is 3.18. The van der Waals surface area contributed by atoms with Crippen molar-refractivity contribution in [2.75, 3.05) is 7.05 Å². The monoisotopic (exact) mass is 276 g/mol. The second-order valence-corrected chi connectivity index (χ2v) is 4.67. The highest BCUT2D eigenvalue weighted by molar-refractivity contribution is 5.96. The van der Waals surface area contributed by atoms with Gasteiger partial charge in [0.1, 0.15) is 17.1 Å². The summed E-state index contributed by atoms with van der Waals surface area (Å²) in [6.07, 6.45) is 0.593. The molecule has 0 fully saturated rings. The predicted octanol–water partition coefficient (Wildman–Crippen LogP) is 2.96. The zero-order valence-corrected chi connectivity index (χ0v) is 11.8. The van der Waals surface area contributed by atoms with E-state index in [2.05, 4.69) is 5.16 Å². The molecule has 1 aromatic carbocycles. The number of amides is 1. The molecule has 2 aromatic rings. The first-order chi connectivity index (χ1) is 9.54. The Morgan fingerprint density at radius 3 is 2.75 bits per heavy atom. The molecule has 1 heterocycles. The Bertz CT molecular complexity index is 622. The van der Waals surface area contributed by atoms with Gasteiger partial charge in [-0.05, 0) is 13.0 Å². The van der Waals surface area contributed by atoms with Crippen molar-refractivity contribution in [3.05, 3.63) is 52.7 Å². The van der Waals surface area contributed by atoms with Crippen LogP contribution < -0.4 is 0 Å². The molecule has 5 heteroatoms. The van der Waals surface area contributed by atoms with Crippen molar-refractivity contribution in [1.82, 2.24) is 10.1 Å². The fourth-order valence-electron chi connectivity index (χ4n) is 2.08. The van der Waals surface area contributed by atoms with Crippen LogP contribution in [0.1, 0.15) is 34.3 Å². The van der Waals surface area contributed by atoms with Crippen LogP contribution in [0.3, 0.4) is 0 Å². The Hall–Kier alpha value is -2.17. The van der Waals surface area contributed by atoms with Gasteiger partial charge in [0.05, 0.1) is 5.69 Å². The molecule has 0 aliphatic rings. The van der Waals surface area contributed by atoms with Crippen LogP contribution in [0.25, 0.3) is 0 Å². The van der Waals surface area contributed by atoms with Gasteiger partial charge in [-0.25, -0.2) is 4.39 Å². The summed E-state index contributed by atoms with van der Waals surface area (Å²) >= 11 is 0. The SMILES string of the molecule is CCc1onc(C)c1C(=O)N(C)Cc1ccccc1F. The lowest BCUT2D eigenvalue weighted by molar-refractivity contribution is 0.0781. The van der Waals surface area contributed by atoms with Crippen LogP contribution in [0.4, 0.5) is 4.39 Å². The van der Waals surface area contributed by atoms with Gasteiger partial charge in [0.25, 0.3) is 5.91 Å². The van der Waals surface area contributed by atoms with Crippen molar-refractivity contribution < 1.29 is 13.7 Å². The molecule has 106 valence electrons. The Kier molecular flexibility index (Phi) is 4.17. The normalized spacial score (nSPS) is 10.6. The number of benzene rings is 1. The topological polar surface area (TPSA) is 46.3 Å². The first-order valence-electron chi connectivity index (χ1n) is 6.48. The standard InChI is InChI=1S/C15H17FN2O2/c1-4-13-14(10(2)17-20-13)15(19)18(3)9-11-7-5-6-8-12(11)16/h5-8H,4,9H2,1-3H3. The zero-order chi connectivity index (χ0) is 14.7. The molecule has 0 atom stereocenters. The fraction of sp³-hybridized carbons (Fsp3) is 0.333. The Balaban J connectivity index is 2.21. The van der Waals surface area contributed by atoms with Crippen LogP contribution >= 0.6 is 0 Å². The highest BCUT2D eigenvalue weighted by Crippen LogP contribution is 2.18. The van der Waals surface area contributed by atoms with E-state index in [-0.39, 0.29) is 18.3 Å². The number of rotatable bonds is 4. The van der Waals surface area contributed by atoms with Gasteiger partial charge in [-0.15, -0.1) is 0 Å². The molecule has 1 amide bonds. The Morgan fingerprint density at radius 1 is 1.40 bits per heavy atom. The number of carbonyl (C=O) groups excluding carboxylic acids is 1. The van der Waals surface area contributed by atoms with Crippen LogP contribution in [0.15, 0.2) is 28.8 Å². The van der Waals surface area contributed by atoms with Crippen molar-refractivity contribution in [3.8, 4) is 0 Å². The molecule has 0 radical (unpaired) electrons. The highest BCUT2D eigenvalue weighted by Gasteiger charge is 2.22. The average molecular weight is 276 g/mol. The van der Waals surface area contributed by atoms with Crippen LogP contribution in [0, 0.1) is 12.7 Å². The van der Waals surface area contributed by atoms with Gasteiger partial charge in [-0.3, -0.25) is 4.79 Å². The molecule has 0 saturated heterocycles. The van der Waals surface area contributed by atoms with Crippen molar-refractivity contribution in [1.29, 1.82) is 0 Å². The number of hydrogen-bond donors (Lipinski definition) is 0. The minimum atomic E-state index is -0.315. The van der Waals surface area contributed by atoms with Crippen molar-refractivity contribution in [2.45, 2.75) is 26.8 Å². The fourth-order valence-corrected chi connectivity index (χ4v) is 2.08. The lowest BCUT2D eigenvalue weighted by Gasteiger charge is -2.17. The Morgan fingerprint density at radius 2 is 2.10 bits per heavy atom. The van der Waals surface area contributed by atoms with Crippen molar-refractivity contribution in [2.24, 2.45) is 0 Å². The first-order valence-corrected chi connectivity index (χ1v) is 6.48. The second kappa shape index (κ2) is 5.86. The largest absolute Gasteiger partial charge is 0.360 e. The minimum absolute atomic E-state index is 0.205. The molecule has 0 saturated carbocycles. The molecule has 20 heavy (non-hydrogen) atoms. The van der Waals surface area contributed by atoms with Gasteiger partial charge in [0.2, 0.25) is 0 Å². The van der Waals surface area contributed by atoms with Crippen LogP contribution in [-0.2, 0) is 13.0 Å². The zero-order valence-electron chi connectivity index (χ0n) is 11.8. The lowest BCUT2D eigenvalue weighted by atomic mass is 10.1. The second-order valence-electron chi connectivity index (χ2n) is 4.67. The van der Waals surface area contributed by atoms with E-state index in [1.54, 1.807) is 32.2 Å². The molecular weight excluding hydrogens is 259 g/mol. The van der Waals surface area contributed by atoms with Gasteiger partial charge in [-0.2, -0.15) is 0 Å². The summed E-state index contributed by atoms with van der Waals surface area (Å²) in [6, 6.07) is 6.43. The number of hydrogen-bond acceptors (Lipinski definition) is 3. The molecule has 0 aliphatic carbocycles. The van der Waals surface area contributed by atoms with E-state index >= 15 is 0 Å². The Labute approximate surface area is 117 Å². The third-order valence-electron chi connectivity index (χ3n) is 3.18. The van der Waals surface area contributed by atoms with E-state index < -0.39 is 0 Å². The van der Waals surface area contributed by atoms with Gasteiger partial charge >= 0.3 is 0 Å². The number of carbonyl (C=O) groups is 1. The summed E-state index contributed by atoms with van der Waals surface area (Å²) in [5.74, 6) is 0.0432. The molecule has 1 aromatic heterocycles. The van der Waals surface area contributed by atoms with Gasteiger partial charge < -0.3 is 9.42 Å². The molecule has 0 bridgehead atoms. The van der Waals surface area contributed by atoms with Crippen LogP contribution in [0.5, 0.6) is 0 Å². The van der Waals surface area contributed by atoms with Crippen molar-refractivity contribution >= 4 is 5.91 Å². The van der Waals surface area contributed by atoms with Gasteiger partial charge in [0, 0.05) is 25.6 Å². The van der Waals surface area contributed by atoms with E-state index in [1.807, 2.05) is 6.92 Å². The maximum Gasteiger partial charge on any atom is 0.259 e. The van der Waals surface area contributed by atoms with E-state index in [1.165, 1.54) is 11.0 Å². The number of halogens is 1. The quantitative estimate of drug-likeness (QED) is 0.862. The average Bonchev–Trinajstić information content (AvgIpc) is 2.81. The van der Waals surface area contributed by atoms with E-state index in [0.29, 0.717) is 29.0 Å². The summed E-state index contributed by atoms with van der Waals surface area (Å²) in [6.45, 7) is 3.83. The summed E-state index contributed by atoms with van der Waals surface area (Å²) in [7, 11) is 1.64. The van der Waals surface area contributed by atoms with Crippen molar-refractivity contribution in [3.63, 3.8) is 0 Å². The summed E-state index contributed by atoms with van der Waals surface area (Å²) in [5, 5.41) is 3.82. The summed E-state index contributed by atoms with van der Waals surface area (Å²) < 4.78 is 18.7. The molecule has 4 nitrogen and oxygen atoms in total. The molecule has 0 spiro atoms. The predicted molar refractivity (Wildman–Crippen MR) is 72.8 cm³/mol. The number of aryl methyl sites for hydroxylation is 2. The number of aromatic nitrogens is 1. The van der Waals surface area contributed by atoms with E-state index in [0.717, 1.165) is 0 Å². The molecule has 0 aliphatic heterocycles. The van der Waals surface area contributed by atoms with Gasteiger partial charge in [-0.1, -0.05) is 30.3 Å². The lowest BCUT2D eigenvalue weighted by Crippen LogP contribution is -2.27. The van der Waals surface area contributed by atoms with Gasteiger partial charge in [0.15, 0.2) is 0 Å². The maximum atomic E-state index is 13.6. The van der Waals surface area contributed by atoms with Crippen LogP contribution in [-0.4, -0.2) is 23.0 Å². The minimum Gasteiger partial charge on any atom is -0.360 e. The summed E-state index contributed by atoms with van der Waals surface area (Å²) in [5.41, 5.74) is 1.52. The molecular formula is C15H17FN2O2. The number of nitrogens with zero attached hydrogens (tertiary/aromatic N) is 2. The van der Waals surface area contributed by atoms with E-state index in [9.17, 15) is 9.18 Å². The smallest absolute Gasteiger partial charge is 0.259 e. The molecule has 0 unspecified atom stereocenters. The molecule has 2 rings (SSSR count). The third kappa shape index (κ3) is 2.71. The van der Waals surface area contributed by atoms with Crippen LogP contribution in [0.2, 0.25) is 0 Å². The first kappa shape index (κ1) is 14.2. The molecule has 0 N–H and O–H groups in total. The maximum absolute atomic E-state index is 13.6. The van der Waals surface area contributed by atoms with E-state index in [4.69, 9.17) is 4.52 Å².